The number of likely N-dealkylation sites (tertiary alicyclic amines) is 1. The van der Waals surface area contributed by atoms with E-state index in [1.54, 1.807) is 0 Å². The van der Waals surface area contributed by atoms with Gasteiger partial charge in [-0.05, 0) is 6.54 Å². The summed E-state index contributed by atoms with van der Waals surface area (Å²) >= 11 is 0. The Kier molecular flexibility index (Phi) is 2.05. The van der Waals surface area contributed by atoms with E-state index in [-0.39, 0.29) is 12.1 Å². The van der Waals surface area contributed by atoms with Crippen molar-refractivity contribution in [1.29, 1.82) is 0 Å². The summed E-state index contributed by atoms with van der Waals surface area (Å²) in [7, 11) is 0. The van der Waals surface area contributed by atoms with Gasteiger partial charge in [-0.15, -0.1) is 0 Å². The van der Waals surface area contributed by atoms with E-state index >= 15 is 0 Å². The fourth-order valence-electron chi connectivity index (χ4n) is 1.15. The molecular formula is C6H14N2O. The zero-order valence-corrected chi connectivity index (χ0v) is 5.75. The topological polar surface area (TPSA) is 49.5 Å². The van der Waals surface area contributed by atoms with Gasteiger partial charge >= 0.3 is 0 Å². The van der Waals surface area contributed by atoms with Gasteiger partial charge in [-0.25, -0.2) is 0 Å². The third kappa shape index (κ3) is 1.41. The second-order valence-electron chi connectivity index (χ2n) is 2.58. The first-order valence-corrected chi connectivity index (χ1v) is 3.40. The van der Waals surface area contributed by atoms with Crippen molar-refractivity contribution >= 4 is 0 Å². The summed E-state index contributed by atoms with van der Waals surface area (Å²) in [6.45, 7) is 4.66. The molecule has 0 aromatic carbocycles. The lowest BCUT2D eigenvalue weighted by atomic mass is 10.2. The van der Waals surface area contributed by atoms with Crippen molar-refractivity contribution in [2.45, 2.75) is 19.1 Å². The summed E-state index contributed by atoms with van der Waals surface area (Å²) < 4.78 is 0. The molecule has 3 heteroatoms. The van der Waals surface area contributed by atoms with Crippen LogP contribution in [0.2, 0.25) is 0 Å². The monoisotopic (exact) mass is 130 g/mol. The maximum absolute atomic E-state index is 9.13. The number of likely N-dealkylation sites (N-methyl/N-ethyl adjacent to an activating group) is 1. The molecule has 0 aromatic rings. The summed E-state index contributed by atoms with van der Waals surface area (Å²) in [4.78, 5) is 2.15. The average molecular weight is 130 g/mol. The lowest BCUT2D eigenvalue weighted by molar-refractivity contribution is 0.166. The van der Waals surface area contributed by atoms with E-state index in [1.807, 2.05) is 0 Å². The normalized spacial score (nSPS) is 37.7. The maximum atomic E-state index is 9.13. The Labute approximate surface area is 55.5 Å². The summed E-state index contributed by atoms with van der Waals surface area (Å²) in [6.07, 6.45) is -0.301. The molecular weight excluding hydrogens is 116 g/mol. The summed E-state index contributed by atoms with van der Waals surface area (Å²) in [5.41, 5.74) is 5.55. The second-order valence-corrected chi connectivity index (χ2v) is 2.58. The van der Waals surface area contributed by atoms with Crippen LogP contribution in [0.4, 0.5) is 0 Å². The van der Waals surface area contributed by atoms with E-state index in [4.69, 9.17) is 10.8 Å². The highest BCUT2D eigenvalue weighted by Gasteiger charge is 2.26. The van der Waals surface area contributed by atoms with Crippen LogP contribution in [-0.2, 0) is 0 Å². The molecule has 0 spiro atoms. The predicted molar refractivity (Wildman–Crippen MR) is 36.1 cm³/mol. The number of hydrogen-bond donors (Lipinski definition) is 2. The first-order valence-electron chi connectivity index (χ1n) is 3.40. The van der Waals surface area contributed by atoms with E-state index in [0.29, 0.717) is 0 Å². The van der Waals surface area contributed by atoms with Gasteiger partial charge in [0, 0.05) is 19.1 Å². The molecule has 1 aliphatic heterocycles. The molecule has 3 N–H and O–H groups in total. The lowest BCUT2D eigenvalue weighted by Crippen LogP contribution is -2.32. The Morgan fingerprint density at radius 3 is 2.56 bits per heavy atom. The fraction of sp³-hybridized carbons (Fsp3) is 1.00. The van der Waals surface area contributed by atoms with Crippen molar-refractivity contribution in [2.24, 2.45) is 5.73 Å². The molecule has 54 valence electrons. The van der Waals surface area contributed by atoms with Crippen LogP contribution in [0, 0.1) is 0 Å². The molecule has 2 unspecified atom stereocenters. The number of nitrogens with two attached hydrogens (primary N) is 1. The van der Waals surface area contributed by atoms with E-state index in [2.05, 4.69) is 11.8 Å². The molecule has 1 fully saturated rings. The molecule has 0 bridgehead atoms. The van der Waals surface area contributed by atoms with E-state index < -0.39 is 0 Å². The van der Waals surface area contributed by atoms with Crippen molar-refractivity contribution in [3.63, 3.8) is 0 Å². The lowest BCUT2D eigenvalue weighted by Gasteiger charge is -2.09. The largest absolute Gasteiger partial charge is 0.390 e. The minimum Gasteiger partial charge on any atom is -0.390 e. The molecule has 9 heavy (non-hydrogen) atoms. The van der Waals surface area contributed by atoms with Gasteiger partial charge < -0.3 is 10.8 Å². The molecule has 1 rings (SSSR count). The first-order chi connectivity index (χ1) is 4.24. The van der Waals surface area contributed by atoms with Crippen LogP contribution in [0.1, 0.15) is 6.92 Å². The van der Waals surface area contributed by atoms with Crippen molar-refractivity contribution in [3.8, 4) is 0 Å². The Morgan fingerprint density at radius 2 is 2.33 bits per heavy atom. The van der Waals surface area contributed by atoms with Crippen LogP contribution in [0.3, 0.4) is 0 Å². The average Bonchev–Trinajstić information content (AvgIpc) is 2.13. The smallest absolute Gasteiger partial charge is 0.0830 e. The predicted octanol–water partition coefficient (Wildman–Crippen LogP) is -0.990. The number of aliphatic hydroxyl groups is 1. The third-order valence-electron chi connectivity index (χ3n) is 1.86. The molecule has 2 atom stereocenters. The van der Waals surface area contributed by atoms with E-state index in [0.717, 1.165) is 19.6 Å². The van der Waals surface area contributed by atoms with Gasteiger partial charge in [0.2, 0.25) is 0 Å². The van der Waals surface area contributed by atoms with E-state index in [1.165, 1.54) is 0 Å². The molecule has 0 amide bonds. The quantitative estimate of drug-likeness (QED) is 0.479. The molecule has 1 aliphatic rings. The van der Waals surface area contributed by atoms with Crippen molar-refractivity contribution < 1.29 is 5.11 Å². The minimum absolute atomic E-state index is 0.0232. The Bertz CT molecular complexity index is 87.1. The van der Waals surface area contributed by atoms with Gasteiger partial charge in [0.25, 0.3) is 0 Å². The Hall–Kier alpha value is -0.120. The highest BCUT2D eigenvalue weighted by atomic mass is 16.3. The van der Waals surface area contributed by atoms with Gasteiger partial charge in [0.1, 0.15) is 0 Å². The summed E-state index contributed by atoms with van der Waals surface area (Å²) in [5, 5.41) is 9.13. The van der Waals surface area contributed by atoms with Crippen molar-refractivity contribution in [2.75, 3.05) is 19.6 Å². The van der Waals surface area contributed by atoms with Crippen LogP contribution < -0.4 is 5.73 Å². The third-order valence-corrected chi connectivity index (χ3v) is 1.86. The molecule has 0 aromatic heterocycles. The number of hydrogen-bond acceptors (Lipinski definition) is 3. The van der Waals surface area contributed by atoms with Crippen LogP contribution in [0.15, 0.2) is 0 Å². The Balaban J connectivity index is 2.35. The van der Waals surface area contributed by atoms with Crippen LogP contribution in [0.5, 0.6) is 0 Å². The zero-order valence-electron chi connectivity index (χ0n) is 5.75. The number of β-amino-alcohol motifs (C(OH)–C–C–N with tert-alkyl or cyclic N) is 1. The Morgan fingerprint density at radius 1 is 1.67 bits per heavy atom. The van der Waals surface area contributed by atoms with Gasteiger partial charge in [-0.1, -0.05) is 6.92 Å². The molecule has 1 heterocycles. The number of rotatable bonds is 1. The van der Waals surface area contributed by atoms with Gasteiger partial charge in [0.15, 0.2) is 0 Å². The van der Waals surface area contributed by atoms with Gasteiger partial charge in [-0.2, -0.15) is 0 Å². The standard InChI is InChI=1S/C6H14N2O/c1-2-8-3-5(7)6(9)4-8/h5-6,9H,2-4,7H2,1H3. The molecule has 1 saturated heterocycles. The highest BCUT2D eigenvalue weighted by Crippen LogP contribution is 2.06. The second kappa shape index (κ2) is 2.64. The fourth-order valence-corrected chi connectivity index (χ4v) is 1.15. The van der Waals surface area contributed by atoms with Gasteiger partial charge in [0.05, 0.1) is 6.10 Å². The van der Waals surface area contributed by atoms with Crippen molar-refractivity contribution in [3.05, 3.63) is 0 Å². The molecule has 3 nitrogen and oxygen atoms in total. The number of aliphatic hydroxyl groups excluding tert-OH is 1. The molecule has 0 radical (unpaired) electrons. The first kappa shape index (κ1) is 6.99. The van der Waals surface area contributed by atoms with Crippen LogP contribution in [0.25, 0.3) is 0 Å². The van der Waals surface area contributed by atoms with E-state index in [9.17, 15) is 0 Å². The minimum atomic E-state index is -0.301. The summed E-state index contributed by atoms with van der Waals surface area (Å²) in [5.74, 6) is 0. The zero-order chi connectivity index (χ0) is 6.85. The van der Waals surface area contributed by atoms with Crippen LogP contribution in [-0.4, -0.2) is 41.8 Å². The highest BCUT2D eigenvalue weighted by molar-refractivity contribution is 4.85. The molecule has 0 saturated carbocycles. The maximum Gasteiger partial charge on any atom is 0.0830 e. The number of nitrogens with zero attached hydrogens (tertiary/aromatic N) is 1. The van der Waals surface area contributed by atoms with Crippen LogP contribution >= 0.6 is 0 Å². The summed E-state index contributed by atoms with van der Waals surface area (Å²) in [6, 6.07) is -0.0232. The van der Waals surface area contributed by atoms with Crippen molar-refractivity contribution in [1.82, 2.24) is 4.90 Å². The SMILES string of the molecule is CCN1CC(N)C(O)C1. The molecule has 0 aliphatic carbocycles. The van der Waals surface area contributed by atoms with Gasteiger partial charge in [-0.3, -0.25) is 4.90 Å².